The highest BCUT2D eigenvalue weighted by Crippen LogP contribution is 2.43. The van der Waals surface area contributed by atoms with Gasteiger partial charge in [0.1, 0.15) is 0 Å². The highest BCUT2D eigenvalue weighted by molar-refractivity contribution is 9.11. The van der Waals surface area contributed by atoms with Crippen molar-refractivity contribution in [2.24, 2.45) is 0 Å². The molecule has 0 fully saturated rings. The summed E-state index contributed by atoms with van der Waals surface area (Å²) in [6, 6.07) is 4.05. The zero-order valence-electron chi connectivity index (χ0n) is 10.4. The minimum absolute atomic E-state index is 0.112. The topological polar surface area (TPSA) is 76.1 Å². The van der Waals surface area contributed by atoms with E-state index in [1.54, 1.807) is 0 Å². The van der Waals surface area contributed by atoms with Gasteiger partial charge < -0.3 is 9.64 Å². The summed E-state index contributed by atoms with van der Waals surface area (Å²) in [4.78, 5) is 2.10. The van der Waals surface area contributed by atoms with Gasteiger partial charge in [-0.05, 0) is 35.0 Å². The molecule has 9 heteroatoms. The van der Waals surface area contributed by atoms with E-state index in [2.05, 4.69) is 47.0 Å². The predicted octanol–water partition coefficient (Wildman–Crippen LogP) is 2.82. The summed E-state index contributed by atoms with van der Waals surface area (Å²) in [6.45, 7) is 2.03. The van der Waals surface area contributed by atoms with Gasteiger partial charge in [0.25, 0.3) is 0 Å². The van der Waals surface area contributed by atoms with Crippen LogP contribution in [0.1, 0.15) is 6.92 Å². The zero-order valence-corrected chi connectivity index (χ0v) is 14.4. The van der Waals surface area contributed by atoms with Crippen molar-refractivity contribution in [3.8, 4) is 5.75 Å². The van der Waals surface area contributed by atoms with E-state index in [-0.39, 0.29) is 6.23 Å². The molecule has 1 N–H and O–H groups in total. The van der Waals surface area contributed by atoms with E-state index >= 15 is 0 Å². The smallest absolute Gasteiger partial charge is 0.397 e. The molecule has 19 heavy (non-hydrogen) atoms. The van der Waals surface area contributed by atoms with E-state index in [1.807, 2.05) is 20.0 Å². The Kier molecular flexibility index (Phi) is 5.63. The molecule has 1 aromatic rings. The number of anilines is 1. The van der Waals surface area contributed by atoms with Crippen molar-refractivity contribution in [2.45, 2.75) is 13.2 Å². The normalized spacial score (nSPS) is 17.4. The van der Waals surface area contributed by atoms with Crippen molar-refractivity contribution < 1.29 is 21.9 Å². The van der Waals surface area contributed by atoms with E-state index in [0.717, 1.165) is 27.5 Å². The Morgan fingerprint density at radius 1 is 1.42 bits per heavy atom. The molecule has 0 spiro atoms. The number of rotatable bonds is 1. The molecule has 1 unspecified atom stereocenters. The maximum Gasteiger partial charge on any atom is 0.397 e. The molecule has 0 bridgehead atoms. The molecule has 108 valence electrons. The first-order chi connectivity index (χ1) is 8.65. The summed E-state index contributed by atoms with van der Waals surface area (Å²) < 4.78 is 37.4. The largest absolute Gasteiger partial charge is 0.467 e. The van der Waals surface area contributed by atoms with Gasteiger partial charge in [-0.1, -0.05) is 15.9 Å². The molecule has 0 aliphatic carbocycles. The van der Waals surface area contributed by atoms with Crippen molar-refractivity contribution in [1.82, 2.24) is 0 Å². The summed E-state index contributed by atoms with van der Waals surface area (Å²) >= 11 is 6.92. The Bertz CT molecular complexity index is 563. The van der Waals surface area contributed by atoms with Crippen LogP contribution >= 0.6 is 31.9 Å². The minimum Gasteiger partial charge on any atom is -0.467 e. The molecule has 6 nitrogen and oxygen atoms in total. The number of fused-ring (bicyclic) bond motifs is 1. The van der Waals surface area contributed by atoms with Gasteiger partial charge in [0, 0.05) is 11.5 Å². The molecule has 0 aromatic heterocycles. The fraction of sp³-hybridized carbons (Fsp3) is 0.400. The van der Waals surface area contributed by atoms with Crippen LogP contribution in [0.25, 0.3) is 0 Å². The maximum absolute atomic E-state index is 9.33. The molecule has 0 amide bonds. The number of benzene rings is 1. The maximum atomic E-state index is 9.33. The number of halogens is 2. The molecule has 0 radical (unpaired) electrons. The van der Waals surface area contributed by atoms with Crippen LogP contribution in [0.3, 0.4) is 0 Å². The van der Waals surface area contributed by atoms with E-state index in [1.165, 1.54) is 0 Å². The van der Waals surface area contributed by atoms with Gasteiger partial charge in [0.2, 0.25) is 0 Å². The summed E-state index contributed by atoms with van der Waals surface area (Å²) in [7, 11) is -1.27. The molecule has 1 heterocycles. The SMILES string of the molecule is CC1Oc2c(Br)cc(Br)cc2N1C.COS(=O)(=O)O. The van der Waals surface area contributed by atoms with Crippen LogP contribution in [0.4, 0.5) is 5.69 Å². The lowest BCUT2D eigenvalue weighted by Gasteiger charge is -2.15. The van der Waals surface area contributed by atoms with Crippen molar-refractivity contribution in [2.75, 3.05) is 19.1 Å². The molecule has 1 atom stereocenters. The first-order valence-electron chi connectivity index (χ1n) is 5.07. The molecular weight excluding hydrogens is 406 g/mol. The zero-order chi connectivity index (χ0) is 14.8. The standard InChI is InChI=1S/C9H9Br2NO.CH4O4S/c1-5-12(2)8-4-6(10)3-7(11)9(8)13-5;1-5-6(2,3)4/h3-5H,1-2H3;1H3,(H,2,3,4). The number of nitrogens with zero attached hydrogens (tertiary/aromatic N) is 1. The fourth-order valence-corrected chi connectivity index (χ4v) is 2.67. The molecule has 2 rings (SSSR count). The van der Waals surface area contributed by atoms with Crippen LogP contribution in [-0.4, -0.2) is 33.4 Å². The van der Waals surface area contributed by atoms with Crippen LogP contribution in [-0.2, 0) is 14.6 Å². The monoisotopic (exact) mass is 417 g/mol. The van der Waals surface area contributed by atoms with Gasteiger partial charge in [0.15, 0.2) is 12.0 Å². The van der Waals surface area contributed by atoms with Gasteiger partial charge in [-0.25, -0.2) is 0 Å². The number of hydrogen-bond donors (Lipinski definition) is 1. The summed E-state index contributed by atoms with van der Waals surface area (Å²) in [5.74, 6) is 0.929. The second-order valence-corrected chi connectivity index (χ2v) is 6.62. The van der Waals surface area contributed by atoms with Crippen LogP contribution in [0.2, 0.25) is 0 Å². The third-order valence-corrected chi connectivity index (χ3v) is 3.88. The highest BCUT2D eigenvalue weighted by atomic mass is 79.9. The fourth-order valence-electron chi connectivity index (χ4n) is 1.37. The van der Waals surface area contributed by atoms with E-state index in [4.69, 9.17) is 9.29 Å². The third kappa shape index (κ3) is 4.60. The molecule has 1 aliphatic rings. The molecule has 0 saturated heterocycles. The minimum atomic E-state index is -4.16. The lowest BCUT2D eigenvalue weighted by atomic mass is 10.3. The van der Waals surface area contributed by atoms with E-state index < -0.39 is 10.4 Å². The molecule has 1 aromatic carbocycles. The van der Waals surface area contributed by atoms with Crippen molar-refractivity contribution >= 4 is 47.9 Å². The Balaban J connectivity index is 0.000000258. The highest BCUT2D eigenvalue weighted by Gasteiger charge is 2.26. The average Bonchev–Trinajstić information content (AvgIpc) is 2.57. The Labute approximate surface area is 128 Å². The lowest BCUT2D eigenvalue weighted by Crippen LogP contribution is -2.27. The molecule has 1 aliphatic heterocycles. The first-order valence-corrected chi connectivity index (χ1v) is 8.02. The van der Waals surface area contributed by atoms with Crippen LogP contribution in [0, 0.1) is 0 Å². The number of ether oxygens (including phenoxy) is 1. The second kappa shape index (κ2) is 6.40. The van der Waals surface area contributed by atoms with E-state index in [9.17, 15) is 8.42 Å². The summed E-state index contributed by atoms with van der Waals surface area (Å²) in [5, 5.41) is 0. The average molecular weight is 419 g/mol. The Morgan fingerprint density at radius 3 is 2.42 bits per heavy atom. The summed E-state index contributed by atoms with van der Waals surface area (Å²) in [6.07, 6.45) is 0.112. The van der Waals surface area contributed by atoms with Gasteiger partial charge in [-0.15, -0.1) is 0 Å². The van der Waals surface area contributed by atoms with Crippen molar-refractivity contribution in [1.29, 1.82) is 0 Å². The third-order valence-electron chi connectivity index (χ3n) is 2.41. The van der Waals surface area contributed by atoms with Gasteiger partial charge in [-0.3, -0.25) is 8.74 Å². The predicted molar refractivity (Wildman–Crippen MR) is 78.9 cm³/mol. The molecular formula is C10H13Br2NO5S. The van der Waals surface area contributed by atoms with Gasteiger partial charge in [0.05, 0.1) is 17.3 Å². The lowest BCUT2D eigenvalue weighted by molar-refractivity contribution is 0.250. The van der Waals surface area contributed by atoms with Crippen LogP contribution < -0.4 is 9.64 Å². The second-order valence-electron chi connectivity index (χ2n) is 3.66. The van der Waals surface area contributed by atoms with E-state index in [0.29, 0.717) is 0 Å². The summed E-state index contributed by atoms with van der Waals surface area (Å²) in [5.41, 5.74) is 1.12. The Morgan fingerprint density at radius 2 is 1.95 bits per heavy atom. The van der Waals surface area contributed by atoms with Crippen molar-refractivity contribution in [3.63, 3.8) is 0 Å². The Hall–Kier alpha value is -0.350. The van der Waals surface area contributed by atoms with Crippen molar-refractivity contribution in [3.05, 3.63) is 21.1 Å². The van der Waals surface area contributed by atoms with Crippen LogP contribution in [0.5, 0.6) is 5.75 Å². The van der Waals surface area contributed by atoms with Gasteiger partial charge >= 0.3 is 10.4 Å². The quantitative estimate of drug-likeness (QED) is 0.706. The van der Waals surface area contributed by atoms with Crippen LogP contribution in [0.15, 0.2) is 21.1 Å². The van der Waals surface area contributed by atoms with Gasteiger partial charge in [-0.2, -0.15) is 8.42 Å². The first kappa shape index (κ1) is 16.7. The number of hydrogen-bond acceptors (Lipinski definition) is 5. The molecule has 0 saturated carbocycles.